The predicted octanol–water partition coefficient (Wildman–Crippen LogP) is 1.29. The zero-order valence-corrected chi connectivity index (χ0v) is 10.6. The fourth-order valence-corrected chi connectivity index (χ4v) is 1.87. The lowest BCUT2D eigenvalue weighted by Gasteiger charge is -2.12. The minimum Gasteiger partial charge on any atom is -0.387 e. The van der Waals surface area contributed by atoms with Crippen molar-refractivity contribution in [3.8, 4) is 0 Å². The molecule has 1 aromatic heterocycles. The van der Waals surface area contributed by atoms with E-state index in [0.29, 0.717) is 6.54 Å². The second-order valence-corrected chi connectivity index (χ2v) is 4.33. The Morgan fingerprint density at radius 2 is 2.11 bits per heavy atom. The predicted molar refractivity (Wildman–Crippen MR) is 71.2 cm³/mol. The summed E-state index contributed by atoms with van der Waals surface area (Å²) in [7, 11) is 1.99. The quantitative estimate of drug-likeness (QED) is 0.754. The summed E-state index contributed by atoms with van der Waals surface area (Å²) in [5, 5.41) is 13.2. The number of imidazole rings is 1. The first-order chi connectivity index (χ1) is 8.77. The molecule has 0 saturated heterocycles. The first-order valence-corrected chi connectivity index (χ1v) is 6.17. The summed E-state index contributed by atoms with van der Waals surface area (Å²) < 4.78 is 2.01. The summed E-state index contributed by atoms with van der Waals surface area (Å²) in [5.74, 6) is 1.05. The molecular formula is C14H19N3O. The summed E-state index contributed by atoms with van der Waals surface area (Å²) in [6.07, 6.45) is 4.15. The van der Waals surface area contributed by atoms with Gasteiger partial charge in [0.15, 0.2) is 0 Å². The van der Waals surface area contributed by atoms with Crippen molar-refractivity contribution in [1.29, 1.82) is 0 Å². The molecule has 1 unspecified atom stereocenters. The molecule has 0 aliphatic rings. The van der Waals surface area contributed by atoms with Gasteiger partial charge in [-0.1, -0.05) is 30.3 Å². The van der Waals surface area contributed by atoms with E-state index in [0.717, 1.165) is 24.4 Å². The summed E-state index contributed by atoms with van der Waals surface area (Å²) in [5.41, 5.74) is 0.946. The fraction of sp³-hybridized carbons (Fsp3) is 0.357. The number of aryl methyl sites for hydroxylation is 1. The molecule has 0 aliphatic carbocycles. The number of hydrogen-bond donors (Lipinski definition) is 2. The van der Waals surface area contributed by atoms with E-state index in [2.05, 4.69) is 10.3 Å². The lowest BCUT2D eigenvalue weighted by molar-refractivity contribution is 0.175. The van der Waals surface area contributed by atoms with Crippen LogP contribution < -0.4 is 5.32 Å². The highest BCUT2D eigenvalue weighted by Crippen LogP contribution is 2.10. The van der Waals surface area contributed by atoms with Crippen LogP contribution in [0.25, 0.3) is 0 Å². The molecule has 4 nitrogen and oxygen atoms in total. The number of rotatable bonds is 6. The Morgan fingerprint density at radius 1 is 1.33 bits per heavy atom. The van der Waals surface area contributed by atoms with E-state index in [9.17, 15) is 5.11 Å². The molecule has 0 radical (unpaired) electrons. The SMILES string of the molecule is Cn1ccnc1CCNCC(O)c1ccccc1. The molecule has 96 valence electrons. The third kappa shape index (κ3) is 3.42. The Kier molecular flexibility index (Phi) is 4.50. The number of nitrogens with zero attached hydrogens (tertiary/aromatic N) is 2. The van der Waals surface area contributed by atoms with E-state index in [1.54, 1.807) is 6.20 Å². The summed E-state index contributed by atoms with van der Waals surface area (Å²) in [6.45, 7) is 1.38. The molecule has 18 heavy (non-hydrogen) atoms. The number of benzene rings is 1. The van der Waals surface area contributed by atoms with Gasteiger partial charge in [0, 0.05) is 39.0 Å². The second kappa shape index (κ2) is 6.33. The highest BCUT2D eigenvalue weighted by Gasteiger charge is 2.06. The topological polar surface area (TPSA) is 50.1 Å². The van der Waals surface area contributed by atoms with E-state index in [1.165, 1.54) is 0 Å². The monoisotopic (exact) mass is 245 g/mol. The van der Waals surface area contributed by atoms with Gasteiger partial charge >= 0.3 is 0 Å². The summed E-state index contributed by atoms with van der Waals surface area (Å²) in [6, 6.07) is 9.69. The van der Waals surface area contributed by atoms with Gasteiger partial charge in [-0.2, -0.15) is 0 Å². The van der Waals surface area contributed by atoms with Crippen LogP contribution in [-0.4, -0.2) is 27.7 Å². The smallest absolute Gasteiger partial charge is 0.109 e. The van der Waals surface area contributed by atoms with Gasteiger partial charge in [0.1, 0.15) is 5.82 Å². The number of aliphatic hydroxyl groups excluding tert-OH is 1. The number of hydrogen-bond acceptors (Lipinski definition) is 3. The molecule has 2 rings (SSSR count). The van der Waals surface area contributed by atoms with E-state index >= 15 is 0 Å². The van der Waals surface area contributed by atoms with Crippen LogP contribution in [0, 0.1) is 0 Å². The van der Waals surface area contributed by atoms with Crippen molar-refractivity contribution < 1.29 is 5.11 Å². The third-order valence-electron chi connectivity index (χ3n) is 2.97. The van der Waals surface area contributed by atoms with Gasteiger partial charge in [0.2, 0.25) is 0 Å². The summed E-state index contributed by atoms with van der Waals surface area (Å²) >= 11 is 0. The van der Waals surface area contributed by atoms with Crippen LogP contribution in [0.5, 0.6) is 0 Å². The highest BCUT2D eigenvalue weighted by molar-refractivity contribution is 5.17. The fourth-order valence-electron chi connectivity index (χ4n) is 1.87. The number of aromatic nitrogens is 2. The van der Waals surface area contributed by atoms with Crippen LogP contribution >= 0.6 is 0 Å². The molecule has 0 saturated carbocycles. The second-order valence-electron chi connectivity index (χ2n) is 4.33. The first-order valence-electron chi connectivity index (χ1n) is 6.17. The molecule has 0 amide bonds. The zero-order valence-electron chi connectivity index (χ0n) is 10.6. The third-order valence-corrected chi connectivity index (χ3v) is 2.97. The van der Waals surface area contributed by atoms with Gasteiger partial charge in [-0.15, -0.1) is 0 Å². The van der Waals surface area contributed by atoms with Crippen molar-refractivity contribution in [3.05, 3.63) is 54.1 Å². The van der Waals surface area contributed by atoms with Crippen molar-refractivity contribution in [2.45, 2.75) is 12.5 Å². The van der Waals surface area contributed by atoms with Gasteiger partial charge in [0.25, 0.3) is 0 Å². The molecule has 4 heteroatoms. The lowest BCUT2D eigenvalue weighted by Crippen LogP contribution is -2.24. The van der Waals surface area contributed by atoms with Crippen LogP contribution in [0.3, 0.4) is 0 Å². The Balaban J connectivity index is 1.71. The Hall–Kier alpha value is -1.65. The molecule has 0 fully saturated rings. The van der Waals surface area contributed by atoms with E-state index in [4.69, 9.17) is 0 Å². The van der Waals surface area contributed by atoms with Gasteiger partial charge in [-0.05, 0) is 5.56 Å². The first kappa shape index (κ1) is 12.8. The van der Waals surface area contributed by atoms with Crippen molar-refractivity contribution in [1.82, 2.24) is 14.9 Å². The Morgan fingerprint density at radius 3 is 2.78 bits per heavy atom. The molecule has 0 spiro atoms. The van der Waals surface area contributed by atoms with Crippen molar-refractivity contribution in [2.75, 3.05) is 13.1 Å². The number of nitrogens with one attached hydrogen (secondary N) is 1. The minimum absolute atomic E-state index is 0.451. The van der Waals surface area contributed by atoms with Crippen LogP contribution in [0.1, 0.15) is 17.5 Å². The average Bonchev–Trinajstić information content (AvgIpc) is 2.81. The molecule has 2 N–H and O–H groups in total. The van der Waals surface area contributed by atoms with Crippen molar-refractivity contribution in [3.63, 3.8) is 0 Å². The molecular weight excluding hydrogens is 226 g/mol. The van der Waals surface area contributed by atoms with Gasteiger partial charge in [-0.3, -0.25) is 0 Å². The minimum atomic E-state index is -0.451. The molecule has 0 bridgehead atoms. The maximum atomic E-state index is 9.95. The molecule has 1 aromatic carbocycles. The molecule has 1 atom stereocenters. The van der Waals surface area contributed by atoms with Gasteiger partial charge < -0.3 is 15.0 Å². The van der Waals surface area contributed by atoms with Gasteiger partial charge in [0.05, 0.1) is 6.10 Å². The molecule has 1 heterocycles. The van der Waals surface area contributed by atoms with Crippen molar-refractivity contribution >= 4 is 0 Å². The van der Waals surface area contributed by atoms with Crippen molar-refractivity contribution in [2.24, 2.45) is 7.05 Å². The highest BCUT2D eigenvalue weighted by atomic mass is 16.3. The molecule has 2 aromatic rings. The van der Waals surface area contributed by atoms with Crippen LogP contribution in [0.4, 0.5) is 0 Å². The molecule has 0 aliphatic heterocycles. The van der Waals surface area contributed by atoms with E-state index < -0.39 is 6.10 Å². The largest absolute Gasteiger partial charge is 0.387 e. The zero-order chi connectivity index (χ0) is 12.8. The maximum absolute atomic E-state index is 9.95. The van der Waals surface area contributed by atoms with Crippen LogP contribution in [0.15, 0.2) is 42.7 Å². The van der Waals surface area contributed by atoms with E-state index in [-0.39, 0.29) is 0 Å². The van der Waals surface area contributed by atoms with Gasteiger partial charge in [-0.25, -0.2) is 4.98 Å². The van der Waals surface area contributed by atoms with E-state index in [1.807, 2.05) is 48.1 Å². The Labute approximate surface area is 107 Å². The lowest BCUT2D eigenvalue weighted by atomic mass is 10.1. The number of aliphatic hydroxyl groups is 1. The standard InChI is InChI=1S/C14H19N3O/c1-17-10-9-16-14(17)7-8-15-11-13(18)12-5-3-2-4-6-12/h2-6,9-10,13,15,18H,7-8,11H2,1H3. The average molecular weight is 245 g/mol. The summed E-state index contributed by atoms with van der Waals surface area (Å²) in [4.78, 5) is 4.25. The maximum Gasteiger partial charge on any atom is 0.109 e. The van der Waals surface area contributed by atoms with Crippen LogP contribution in [0.2, 0.25) is 0 Å². The Bertz CT molecular complexity index is 467. The van der Waals surface area contributed by atoms with Crippen LogP contribution in [-0.2, 0) is 13.5 Å². The normalized spacial score (nSPS) is 12.6.